The van der Waals surface area contributed by atoms with Crippen LogP contribution in [0.2, 0.25) is 5.02 Å². The van der Waals surface area contributed by atoms with Gasteiger partial charge in [0, 0.05) is 36.9 Å². The Kier molecular flexibility index (Phi) is 5.68. The van der Waals surface area contributed by atoms with Gasteiger partial charge in [0.25, 0.3) is 0 Å². The third-order valence-corrected chi connectivity index (χ3v) is 5.42. The van der Waals surface area contributed by atoms with E-state index < -0.39 is 6.09 Å². The third kappa shape index (κ3) is 4.37. The summed E-state index contributed by atoms with van der Waals surface area (Å²) in [5.74, 6) is 0.415. The number of amides is 2. The molecular weight excluding hydrogens is 342 g/mol. The van der Waals surface area contributed by atoms with Gasteiger partial charge < -0.3 is 20.2 Å². The molecule has 0 spiro atoms. The van der Waals surface area contributed by atoms with Gasteiger partial charge in [-0.3, -0.25) is 4.79 Å². The van der Waals surface area contributed by atoms with E-state index in [-0.39, 0.29) is 11.9 Å². The molecule has 2 aliphatic heterocycles. The van der Waals surface area contributed by atoms with Gasteiger partial charge in [0.15, 0.2) is 0 Å². The van der Waals surface area contributed by atoms with Crippen molar-refractivity contribution in [3.63, 3.8) is 0 Å². The van der Waals surface area contributed by atoms with Crippen LogP contribution in [0.5, 0.6) is 0 Å². The van der Waals surface area contributed by atoms with E-state index in [1.54, 1.807) is 0 Å². The molecule has 0 aliphatic carbocycles. The number of carboxylic acid groups (broad SMARTS) is 1. The molecule has 2 aliphatic rings. The van der Waals surface area contributed by atoms with E-state index in [1.165, 1.54) is 4.90 Å². The highest BCUT2D eigenvalue weighted by Gasteiger charge is 2.31. The predicted octanol–water partition coefficient (Wildman–Crippen LogP) is 2.82. The van der Waals surface area contributed by atoms with E-state index in [1.807, 2.05) is 24.3 Å². The van der Waals surface area contributed by atoms with Crippen molar-refractivity contribution in [2.24, 2.45) is 5.92 Å². The van der Waals surface area contributed by atoms with Crippen LogP contribution in [0, 0.1) is 5.92 Å². The van der Waals surface area contributed by atoms with Gasteiger partial charge in [-0.1, -0.05) is 11.6 Å². The van der Waals surface area contributed by atoms with E-state index >= 15 is 0 Å². The van der Waals surface area contributed by atoms with Gasteiger partial charge in [-0.15, -0.1) is 0 Å². The van der Waals surface area contributed by atoms with Gasteiger partial charge >= 0.3 is 6.09 Å². The van der Waals surface area contributed by atoms with Crippen LogP contribution < -0.4 is 10.2 Å². The molecule has 1 aromatic carbocycles. The van der Waals surface area contributed by atoms with Crippen molar-refractivity contribution < 1.29 is 14.7 Å². The highest BCUT2D eigenvalue weighted by molar-refractivity contribution is 6.30. The van der Waals surface area contributed by atoms with Gasteiger partial charge in [-0.25, -0.2) is 4.79 Å². The molecule has 2 N–H and O–H groups in total. The van der Waals surface area contributed by atoms with E-state index in [2.05, 4.69) is 10.2 Å². The van der Waals surface area contributed by atoms with Crippen LogP contribution in [0.1, 0.15) is 25.7 Å². The Morgan fingerprint density at radius 3 is 2.44 bits per heavy atom. The summed E-state index contributed by atoms with van der Waals surface area (Å²) < 4.78 is 0. The fourth-order valence-corrected chi connectivity index (χ4v) is 3.80. The van der Waals surface area contributed by atoms with Crippen molar-refractivity contribution in [2.45, 2.75) is 31.7 Å². The van der Waals surface area contributed by atoms with E-state index in [0.717, 1.165) is 37.9 Å². The van der Waals surface area contributed by atoms with Crippen molar-refractivity contribution in [1.82, 2.24) is 10.2 Å². The standard InChI is InChI=1S/C18H24ClN3O3/c19-14-3-5-15(6-4-14)22-9-1-2-16(22)17(23)20-12-13-7-10-21(11-8-13)18(24)25/h3-6,13,16H,1-2,7-12H2,(H,20,23)(H,24,25)/t16-/m0/s1. The molecule has 2 amide bonds. The maximum Gasteiger partial charge on any atom is 0.407 e. The lowest BCUT2D eigenvalue weighted by molar-refractivity contribution is -0.122. The zero-order valence-electron chi connectivity index (χ0n) is 14.2. The Morgan fingerprint density at radius 2 is 1.80 bits per heavy atom. The van der Waals surface area contributed by atoms with Crippen LogP contribution in [0.15, 0.2) is 24.3 Å². The molecule has 2 heterocycles. The van der Waals surface area contributed by atoms with Crippen LogP contribution >= 0.6 is 11.6 Å². The number of hydrogen-bond donors (Lipinski definition) is 2. The first kappa shape index (κ1) is 17.9. The molecule has 6 nitrogen and oxygen atoms in total. The lowest BCUT2D eigenvalue weighted by atomic mass is 9.97. The summed E-state index contributed by atoms with van der Waals surface area (Å²) in [6.07, 6.45) is 2.60. The predicted molar refractivity (Wildman–Crippen MR) is 97.2 cm³/mol. The minimum atomic E-state index is -0.855. The molecule has 2 saturated heterocycles. The molecule has 2 fully saturated rings. The van der Waals surface area contributed by atoms with Gasteiger partial charge in [-0.2, -0.15) is 0 Å². The topological polar surface area (TPSA) is 72.9 Å². The number of anilines is 1. The van der Waals surface area contributed by atoms with Crippen molar-refractivity contribution in [2.75, 3.05) is 31.1 Å². The minimum Gasteiger partial charge on any atom is -0.465 e. The molecular formula is C18H24ClN3O3. The Hall–Kier alpha value is -1.95. The number of nitrogens with zero attached hydrogens (tertiary/aromatic N) is 2. The number of nitrogens with one attached hydrogen (secondary N) is 1. The highest BCUT2D eigenvalue weighted by atomic mass is 35.5. The number of carbonyl (C=O) groups excluding carboxylic acids is 1. The average Bonchev–Trinajstić information content (AvgIpc) is 3.10. The van der Waals surface area contributed by atoms with Crippen molar-refractivity contribution in [3.8, 4) is 0 Å². The first-order valence-corrected chi connectivity index (χ1v) is 9.20. The van der Waals surface area contributed by atoms with E-state index in [9.17, 15) is 9.59 Å². The Morgan fingerprint density at radius 1 is 1.12 bits per heavy atom. The Bertz CT molecular complexity index is 614. The largest absolute Gasteiger partial charge is 0.465 e. The first-order chi connectivity index (χ1) is 12.0. The van der Waals surface area contributed by atoms with Crippen LogP contribution in [-0.4, -0.2) is 54.2 Å². The van der Waals surface area contributed by atoms with Gasteiger partial charge in [0.2, 0.25) is 5.91 Å². The fourth-order valence-electron chi connectivity index (χ4n) is 3.67. The molecule has 1 aromatic rings. The van der Waals surface area contributed by atoms with Crippen molar-refractivity contribution in [3.05, 3.63) is 29.3 Å². The molecule has 1 atom stereocenters. The first-order valence-electron chi connectivity index (χ1n) is 8.82. The summed E-state index contributed by atoms with van der Waals surface area (Å²) in [6.45, 7) is 2.60. The van der Waals surface area contributed by atoms with E-state index in [0.29, 0.717) is 30.6 Å². The molecule has 0 unspecified atom stereocenters. The second-order valence-corrected chi connectivity index (χ2v) is 7.22. The van der Waals surface area contributed by atoms with E-state index in [4.69, 9.17) is 16.7 Å². The number of likely N-dealkylation sites (tertiary alicyclic amines) is 1. The molecule has 0 radical (unpaired) electrons. The third-order valence-electron chi connectivity index (χ3n) is 5.16. The summed E-state index contributed by atoms with van der Waals surface area (Å²) in [5, 5.41) is 12.8. The maximum atomic E-state index is 12.6. The van der Waals surface area contributed by atoms with Crippen molar-refractivity contribution >= 4 is 29.3 Å². The molecule has 136 valence electrons. The number of carbonyl (C=O) groups is 2. The average molecular weight is 366 g/mol. The van der Waals surface area contributed by atoms with Crippen LogP contribution in [0.25, 0.3) is 0 Å². The second-order valence-electron chi connectivity index (χ2n) is 6.79. The van der Waals surface area contributed by atoms with Gasteiger partial charge in [0.1, 0.15) is 6.04 Å². The number of rotatable bonds is 4. The molecule has 0 aromatic heterocycles. The van der Waals surface area contributed by atoms with Crippen LogP contribution in [0.4, 0.5) is 10.5 Å². The van der Waals surface area contributed by atoms with Crippen molar-refractivity contribution in [1.29, 1.82) is 0 Å². The summed E-state index contributed by atoms with van der Waals surface area (Å²) in [4.78, 5) is 27.1. The summed E-state index contributed by atoms with van der Waals surface area (Å²) in [5.41, 5.74) is 1.02. The number of halogens is 1. The smallest absolute Gasteiger partial charge is 0.407 e. The lowest BCUT2D eigenvalue weighted by Crippen LogP contribution is -2.46. The molecule has 7 heteroatoms. The molecule has 25 heavy (non-hydrogen) atoms. The lowest BCUT2D eigenvalue weighted by Gasteiger charge is -2.31. The molecule has 0 saturated carbocycles. The minimum absolute atomic E-state index is 0.0631. The second kappa shape index (κ2) is 7.95. The quantitative estimate of drug-likeness (QED) is 0.860. The summed E-state index contributed by atoms with van der Waals surface area (Å²) in [6, 6.07) is 7.46. The number of benzene rings is 1. The van der Waals surface area contributed by atoms with Crippen LogP contribution in [-0.2, 0) is 4.79 Å². The number of piperidine rings is 1. The SMILES string of the molecule is O=C(NCC1CCN(C(=O)O)CC1)[C@@H]1CCCN1c1ccc(Cl)cc1. The van der Waals surface area contributed by atoms with Gasteiger partial charge in [0.05, 0.1) is 0 Å². The number of hydrogen-bond acceptors (Lipinski definition) is 3. The Balaban J connectivity index is 1.51. The Labute approximate surface area is 152 Å². The zero-order valence-corrected chi connectivity index (χ0v) is 14.9. The normalized spacial score (nSPS) is 21.4. The molecule has 3 rings (SSSR count). The van der Waals surface area contributed by atoms with Gasteiger partial charge in [-0.05, 0) is 55.9 Å². The summed E-state index contributed by atoms with van der Waals surface area (Å²) in [7, 11) is 0. The monoisotopic (exact) mass is 365 g/mol. The fraction of sp³-hybridized carbons (Fsp3) is 0.556. The summed E-state index contributed by atoms with van der Waals surface area (Å²) >= 11 is 5.94. The molecule has 0 bridgehead atoms. The van der Waals surface area contributed by atoms with Crippen LogP contribution in [0.3, 0.4) is 0 Å². The highest BCUT2D eigenvalue weighted by Crippen LogP contribution is 2.27. The zero-order chi connectivity index (χ0) is 17.8. The maximum absolute atomic E-state index is 12.6.